The zero-order chi connectivity index (χ0) is 15.6. The Balaban J connectivity index is 2.27. The van der Waals surface area contributed by atoms with Gasteiger partial charge in [-0.1, -0.05) is 23.2 Å². The standard InChI is InChI=1S/C13H9Cl2N3O3/c1-7-2-10(6-16-12(7)15)17-13(19)8-3-9(14)5-11(4-8)18(20)21/h2-6H,1H3,(H,17,19). The largest absolute Gasteiger partial charge is 0.321 e. The summed E-state index contributed by atoms with van der Waals surface area (Å²) >= 11 is 11.6. The van der Waals surface area contributed by atoms with Crippen molar-refractivity contribution in [2.75, 3.05) is 5.32 Å². The molecule has 0 aliphatic heterocycles. The first-order valence-corrected chi connectivity index (χ1v) is 6.51. The fourth-order valence-corrected chi connectivity index (χ4v) is 1.97. The first-order chi connectivity index (χ1) is 9.86. The van der Waals surface area contributed by atoms with Gasteiger partial charge in [-0.3, -0.25) is 14.9 Å². The maximum atomic E-state index is 12.1. The minimum Gasteiger partial charge on any atom is -0.321 e. The van der Waals surface area contributed by atoms with Crippen LogP contribution in [0.3, 0.4) is 0 Å². The highest BCUT2D eigenvalue weighted by atomic mass is 35.5. The molecule has 6 nitrogen and oxygen atoms in total. The second-order valence-electron chi connectivity index (χ2n) is 4.24. The topological polar surface area (TPSA) is 85.1 Å². The van der Waals surface area contributed by atoms with Gasteiger partial charge in [-0.25, -0.2) is 4.98 Å². The number of amides is 1. The molecule has 1 aromatic heterocycles. The maximum absolute atomic E-state index is 12.1. The van der Waals surface area contributed by atoms with Crippen LogP contribution < -0.4 is 5.32 Å². The van der Waals surface area contributed by atoms with E-state index >= 15 is 0 Å². The summed E-state index contributed by atoms with van der Waals surface area (Å²) in [7, 11) is 0. The first-order valence-electron chi connectivity index (χ1n) is 5.75. The molecule has 0 fully saturated rings. The number of hydrogen-bond acceptors (Lipinski definition) is 4. The monoisotopic (exact) mass is 325 g/mol. The summed E-state index contributed by atoms with van der Waals surface area (Å²) in [5.74, 6) is -0.524. The fraction of sp³-hybridized carbons (Fsp3) is 0.0769. The molecule has 0 saturated carbocycles. The lowest BCUT2D eigenvalue weighted by atomic mass is 10.2. The third kappa shape index (κ3) is 3.68. The molecular formula is C13H9Cl2N3O3. The number of anilines is 1. The van der Waals surface area contributed by atoms with Crippen molar-refractivity contribution in [2.24, 2.45) is 0 Å². The highest BCUT2D eigenvalue weighted by Crippen LogP contribution is 2.22. The van der Waals surface area contributed by atoms with Crippen LogP contribution >= 0.6 is 23.2 Å². The average molecular weight is 326 g/mol. The molecule has 1 heterocycles. The number of pyridine rings is 1. The van der Waals surface area contributed by atoms with Gasteiger partial charge in [0.25, 0.3) is 11.6 Å². The van der Waals surface area contributed by atoms with Gasteiger partial charge >= 0.3 is 0 Å². The summed E-state index contributed by atoms with van der Waals surface area (Å²) < 4.78 is 0. The number of nitro benzene ring substituents is 1. The third-order valence-corrected chi connectivity index (χ3v) is 3.24. The zero-order valence-electron chi connectivity index (χ0n) is 10.8. The van der Waals surface area contributed by atoms with Gasteiger partial charge < -0.3 is 5.32 Å². The summed E-state index contributed by atoms with van der Waals surface area (Å²) in [4.78, 5) is 26.1. The van der Waals surface area contributed by atoms with Crippen molar-refractivity contribution in [1.82, 2.24) is 4.98 Å². The SMILES string of the molecule is Cc1cc(NC(=O)c2cc(Cl)cc([N+](=O)[O-])c2)cnc1Cl. The van der Waals surface area contributed by atoms with E-state index in [1.54, 1.807) is 13.0 Å². The number of nitro groups is 1. The van der Waals surface area contributed by atoms with Crippen LogP contribution in [0.25, 0.3) is 0 Å². The van der Waals surface area contributed by atoms with E-state index in [0.29, 0.717) is 16.4 Å². The number of aromatic nitrogens is 1. The van der Waals surface area contributed by atoms with Gasteiger partial charge in [0.05, 0.1) is 16.8 Å². The number of carbonyl (C=O) groups excluding carboxylic acids is 1. The number of carbonyl (C=O) groups is 1. The Hall–Kier alpha value is -2.18. The van der Waals surface area contributed by atoms with Crippen LogP contribution in [0.2, 0.25) is 10.2 Å². The van der Waals surface area contributed by atoms with Crippen LogP contribution in [0, 0.1) is 17.0 Å². The molecule has 0 atom stereocenters. The minimum atomic E-state index is -0.614. The van der Waals surface area contributed by atoms with Crippen molar-refractivity contribution in [2.45, 2.75) is 6.92 Å². The average Bonchev–Trinajstić information content (AvgIpc) is 2.42. The van der Waals surface area contributed by atoms with Crippen molar-refractivity contribution in [3.05, 3.63) is 61.9 Å². The number of rotatable bonds is 3. The number of halogens is 2. The highest BCUT2D eigenvalue weighted by Gasteiger charge is 2.14. The van der Waals surface area contributed by atoms with Crippen molar-refractivity contribution < 1.29 is 9.72 Å². The van der Waals surface area contributed by atoms with Crippen LogP contribution in [0.1, 0.15) is 15.9 Å². The van der Waals surface area contributed by atoms with Crippen LogP contribution in [-0.4, -0.2) is 15.8 Å². The smallest absolute Gasteiger partial charge is 0.271 e. The van der Waals surface area contributed by atoms with Crippen LogP contribution in [0.4, 0.5) is 11.4 Å². The fourth-order valence-electron chi connectivity index (χ4n) is 1.64. The lowest BCUT2D eigenvalue weighted by Gasteiger charge is -2.07. The number of aryl methyl sites for hydroxylation is 1. The van der Waals surface area contributed by atoms with Crippen molar-refractivity contribution in [3.8, 4) is 0 Å². The molecule has 2 aromatic rings. The van der Waals surface area contributed by atoms with E-state index < -0.39 is 10.8 Å². The molecule has 21 heavy (non-hydrogen) atoms. The minimum absolute atomic E-state index is 0.0850. The molecule has 0 spiro atoms. The van der Waals surface area contributed by atoms with E-state index in [9.17, 15) is 14.9 Å². The Labute approximate surface area is 129 Å². The Morgan fingerprint density at radius 1 is 1.29 bits per heavy atom. The number of non-ortho nitro benzene ring substituents is 1. The Kier molecular flexibility index (Phi) is 4.40. The van der Waals surface area contributed by atoms with Crippen LogP contribution in [0.15, 0.2) is 30.5 Å². The van der Waals surface area contributed by atoms with Gasteiger partial charge in [-0.15, -0.1) is 0 Å². The summed E-state index contributed by atoms with van der Waals surface area (Å²) in [5, 5.41) is 13.8. The van der Waals surface area contributed by atoms with E-state index in [1.807, 2.05) is 0 Å². The van der Waals surface area contributed by atoms with Gasteiger partial charge in [0, 0.05) is 22.7 Å². The zero-order valence-corrected chi connectivity index (χ0v) is 12.3. The molecule has 1 aromatic carbocycles. The molecule has 0 aliphatic carbocycles. The lowest BCUT2D eigenvalue weighted by Crippen LogP contribution is -2.12. The van der Waals surface area contributed by atoms with Crippen molar-refractivity contribution in [1.29, 1.82) is 0 Å². The molecule has 8 heteroatoms. The van der Waals surface area contributed by atoms with Gasteiger partial charge in [0.2, 0.25) is 0 Å². The number of nitrogens with zero attached hydrogens (tertiary/aromatic N) is 2. The molecule has 0 saturated heterocycles. The Bertz CT molecular complexity index is 735. The third-order valence-electron chi connectivity index (χ3n) is 2.63. The van der Waals surface area contributed by atoms with Crippen LogP contribution in [0.5, 0.6) is 0 Å². The van der Waals surface area contributed by atoms with Gasteiger partial charge in [-0.05, 0) is 24.6 Å². The van der Waals surface area contributed by atoms with Crippen molar-refractivity contribution in [3.63, 3.8) is 0 Å². The van der Waals surface area contributed by atoms with Crippen LogP contribution in [-0.2, 0) is 0 Å². The quantitative estimate of drug-likeness (QED) is 0.527. The van der Waals surface area contributed by atoms with Gasteiger partial charge in [0.1, 0.15) is 5.15 Å². The lowest BCUT2D eigenvalue weighted by molar-refractivity contribution is -0.384. The van der Waals surface area contributed by atoms with E-state index in [1.165, 1.54) is 18.3 Å². The highest BCUT2D eigenvalue weighted by molar-refractivity contribution is 6.31. The van der Waals surface area contributed by atoms with Gasteiger partial charge in [0.15, 0.2) is 0 Å². The maximum Gasteiger partial charge on any atom is 0.271 e. The second kappa shape index (κ2) is 6.07. The molecule has 0 radical (unpaired) electrons. The number of nitrogens with one attached hydrogen (secondary N) is 1. The normalized spacial score (nSPS) is 10.2. The van der Waals surface area contributed by atoms with E-state index in [-0.39, 0.29) is 16.3 Å². The summed E-state index contributed by atoms with van der Waals surface area (Å²) in [6, 6.07) is 5.32. The molecule has 0 unspecified atom stereocenters. The molecule has 108 valence electrons. The van der Waals surface area contributed by atoms with Crippen molar-refractivity contribution >= 4 is 40.5 Å². The van der Waals surface area contributed by atoms with E-state index in [4.69, 9.17) is 23.2 Å². The molecule has 0 aliphatic rings. The predicted octanol–water partition coefficient (Wildman–Crippen LogP) is 3.86. The predicted molar refractivity (Wildman–Crippen MR) is 80.0 cm³/mol. The molecule has 1 amide bonds. The molecule has 0 bridgehead atoms. The second-order valence-corrected chi connectivity index (χ2v) is 5.04. The molecule has 2 rings (SSSR count). The number of hydrogen-bond donors (Lipinski definition) is 1. The summed E-state index contributed by atoms with van der Waals surface area (Å²) in [6.45, 7) is 1.75. The Morgan fingerprint density at radius 3 is 2.62 bits per heavy atom. The number of benzene rings is 1. The molecular weight excluding hydrogens is 317 g/mol. The first kappa shape index (κ1) is 15.2. The summed E-state index contributed by atoms with van der Waals surface area (Å²) in [6.07, 6.45) is 1.40. The Morgan fingerprint density at radius 2 is 2.00 bits per heavy atom. The molecule has 1 N–H and O–H groups in total. The van der Waals surface area contributed by atoms with E-state index in [2.05, 4.69) is 10.3 Å². The van der Waals surface area contributed by atoms with E-state index in [0.717, 1.165) is 6.07 Å². The van der Waals surface area contributed by atoms with Gasteiger partial charge in [-0.2, -0.15) is 0 Å². The summed E-state index contributed by atoms with van der Waals surface area (Å²) in [5.41, 5.74) is 0.968.